The van der Waals surface area contributed by atoms with E-state index in [0.29, 0.717) is 6.61 Å². The van der Waals surface area contributed by atoms with Crippen LogP contribution in [0.25, 0.3) is 0 Å². The smallest absolute Gasteiger partial charge is 0.100 e. The van der Waals surface area contributed by atoms with Crippen LogP contribution in [0.2, 0.25) is 0 Å². The highest BCUT2D eigenvalue weighted by Gasteiger charge is 1.98. The lowest BCUT2D eigenvalue weighted by Gasteiger charge is -2.05. The monoisotopic (exact) mass is 298 g/mol. The molecule has 0 rings (SSSR count). The summed E-state index contributed by atoms with van der Waals surface area (Å²) in [5.74, 6) is 0. The molecule has 4 nitrogen and oxygen atoms in total. The molecule has 21 heavy (non-hydrogen) atoms. The van der Waals surface area contributed by atoms with E-state index in [-0.39, 0.29) is 19.3 Å². The summed E-state index contributed by atoms with van der Waals surface area (Å²) in [5.41, 5.74) is 0. The molecule has 3 N–H and O–H groups in total. The van der Waals surface area contributed by atoms with E-state index < -0.39 is 6.10 Å². The highest BCUT2D eigenvalue weighted by Crippen LogP contribution is 2.02. The first-order chi connectivity index (χ1) is 10.2. The van der Waals surface area contributed by atoms with Gasteiger partial charge in [0.05, 0.1) is 25.9 Å². The van der Waals surface area contributed by atoms with Crippen LogP contribution in [0.15, 0.2) is 36.5 Å². The third kappa shape index (κ3) is 17.0. The summed E-state index contributed by atoms with van der Waals surface area (Å²) in [6.45, 7) is 2.15. The normalized spacial score (nSPS) is 15.4. The van der Waals surface area contributed by atoms with Gasteiger partial charge in [0, 0.05) is 0 Å². The molecular weight excluding hydrogens is 268 g/mol. The van der Waals surface area contributed by atoms with Gasteiger partial charge in [-0.15, -0.1) is 0 Å². The van der Waals surface area contributed by atoms with Gasteiger partial charge in [-0.2, -0.15) is 0 Å². The van der Waals surface area contributed by atoms with E-state index in [1.165, 1.54) is 0 Å². The van der Waals surface area contributed by atoms with E-state index in [2.05, 4.69) is 18.2 Å². The zero-order chi connectivity index (χ0) is 15.8. The van der Waals surface area contributed by atoms with Crippen LogP contribution < -0.4 is 0 Å². The highest BCUT2D eigenvalue weighted by molar-refractivity contribution is 5.03. The Morgan fingerprint density at radius 2 is 1.62 bits per heavy atom. The Kier molecular flexibility index (Phi) is 14.8. The summed E-state index contributed by atoms with van der Waals surface area (Å²) < 4.78 is 5.13. The fourth-order valence-corrected chi connectivity index (χ4v) is 1.59. The van der Waals surface area contributed by atoms with E-state index in [0.717, 1.165) is 32.1 Å². The largest absolute Gasteiger partial charge is 0.394 e. The van der Waals surface area contributed by atoms with Gasteiger partial charge in [-0.25, -0.2) is 0 Å². The third-order valence-corrected chi connectivity index (χ3v) is 2.78. The SMILES string of the molecule is CC(O)CCCC=CCCC=CC=CCOCC(O)CO. The Hall–Kier alpha value is -0.940. The molecule has 2 atom stereocenters. The summed E-state index contributed by atoms with van der Waals surface area (Å²) in [6.07, 6.45) is 16.2. The maximum atomic E-state index is 9.10. The van der Waals surface area contributed by atoms with Gasteiger partial charge in [-0.3, -0.25) is 0 Å². The molecule has 0 heterocycles. The van der Waals surface area contributed by atoms with Crippen molar-refractivity contribution in [1.82, 2.24) is 0 Å². The Labute approximate surface area is 128 Å². The quantitative estimate of drug-likeness (QED) is 0.277. The maximum Gasteiger partial charge on any atom is 0.100 e. The number of aliphatic hydroxyl groups excluding tert-OH is 3. The van der Waals surface area contributed by atoms with Gasteiger partial charge in [-0.05, 0) is 39.0 Å². The van der Waals surface area contributed by atoms with Crippen molar-refractivity contribution in [1.29, 1.82) is 0 Å². The van der Waals surface area contributed by atoms with Crippen LogP contribution in [0.3, 0.4) is 0 Å². The van der Waals surface area contributed by atoms with Gasteiger partial charge in [0.2, 0.25) is 0 Å². The van der Waals surface area contributed by atoms with Crippen LogP contribution in [0, 0.1) is 0 Å². The summed E-state index contributed by atoms with van der Waals surface area (Å²) in [5, 5.41) is 26.7. The molecule has 0 aliphatic rings. The fraction of sp³-hybridized carbons (Fsp3) is 0.647. The Balaban J connectivity index is 3.37. The molecule has 0 spiro atoms. The number of hydrogen-bond acceptors (Lipinski definition) is 4. The lowest BCUT2D eigenvalue weighted by Crippen LogP contribution is -2.19. The second-order valence-corrected chi connectivity index (χ2v) is 5.06. The van der Waals surface area contributed by atoms with Crippen molar-refractivity contribution in [3.05, 3.63) is 36.5 Å². The predicted molar refractivity (Wildman–Crippen MR) is 86.1 cm³/mol. The van der Waals surface area contributed by atoms with Crippen LogP contribution in [0.5, 0.6) is 0 Å². The number of unbranched alkanes of at least 4 members (excludes halogenated alkanes) is 2. The first-order valence-electron chi connectivity index (χ1n) is 7.68. The van der Waals surface area contributed by atoms with Crippen molar-refractivity contribution < 1.29 is 20.1 Å². The molecule has 2 unspecified atom stereocenters. The molecule has 4 heteroatoms. The first kappa shape index (κ1) is 20.1. The van der Waals surface area contributed by atoms with Gasteiger partial charge in [0.25, 0.3) is 0 Å². The zero-order valence-electron chi connectivity index (χ0n) is 13.0. The number of aliphatic hydroxyl groups is 3. The average molecular weight is 298 g/mol. The van der Waals surface area contributed by atoms with E-state index >= 15 is 0 Å². The van der Waals surface area contributed by atoms with Crippen LogP contribution in [-0.4, -0.2) is 47.3 Å². The topological polar surface area (TPSA) is 69.9 Å². The minimum absolute atomic E-state index is 0.157. The van der Waals surface area contributed by atoms with Gasteiger partial charge >= 0.3 is 0 Å². The van der Waals surface area contributed by atoms with Crippen LogP contribution >= 0.6 is 0 Å². The molecule has 0 aromatic heterocycles. The van der Waals surface area contributed by atoms with Crippen molar-refractivity contribution in [2.24, 2.45) is 0 Å². The summed E-state index contributed by atoms with van der Waals surface area (Å²) in [6, 6.07) is 0. The molecule has 0 aromatic rings. The molecule has 0 saturated carbocycles. The Morgan fingerprint density at radius 1 is 0.952 bits per heavy atom. The van der Waals surface area contributed by atoms with E-state index in [1.54, 1.807) is 0 Å². The lowest BCUT2D eigenvalue weighted by atomic mass is 10.1. The van der Waals surface area contributed by atoms with E-state index in [9.17, 15) is 0 Å². The maximum absolute atomic E-state index is 9.10. The Morgan fingerprint density at radius 3 is 2.33 bits per heavy atom. The minimum atomic E-state index is -0.790. The van der Waals surface area contributed by atoms with Gasteiger partial charge < -0.3 is 20.1 Å². The van der Waals surface area contributed by atoms with Gasteiger partial charge in [0.1, 0.15) is 6.10 Å². The van der Waals surface area contributed by atoms with E-state index in [4.69, 9.17) is 20.1 Å². The number of ether oxygens (including phenoxy) is 1. The molecule has 0 bridgehead atoms. The summed E-state index contributed by atoms with van der Waals surface area (Å²) in [4.78, 5) is 0. The molecule has 0 aromatic carbocycles. The van der Waals surface area contributed by atoms with Crippen LogP contribution in [0.1, 0.15) is 39.0 Å². The predicted octanol–water partition coefficient (Wildman–Crippen LogP) is 2.36. The van der Waals surface area contributed by atoms with Crippen molar-refractivity contribution >= 4 is 0 Å². The Bertz CT molecular complexity index is 295. The van der Waals surface area contributed by atoms with Gasteiger partial charge in [-0.1, -0.05) is 36.5 Å². The fourth-order valence-electron chi connectivity index (χ4n) is 1.59. The first-order valence-corrected chi connectivity index (χ1v) is 7.68. The van der Waals surface area contributed by atoms with Crippen LogP contribution in [-0.2, 0) is 4.74 Å². The second-order valence-electron chi connectivity index (χ2n) is 5.06. The average Bonchev–Trinajstić information content (AvgIpc) is 2.46. The molecule has 0 radical (unpaired) electrons. The number of rotatable bonds is 13. The molecule has 0 aliphatic heterocycles. The molecule has 122 valence electrons. The lowest BCUT2D eigenvalue weighted by molar-refractivity contribution is 0.0149. The molecular formula is C17H30O4. The number of allylic oxidation sites excluding steroid dienone is 5. The molecule has 0 fully saturated rings. The van der Waals surface area contributed by atoms with Gasteiger partial charge in [0.15, 0.2) is 0 Å². The zero-order valence-corrected chi connectivity index (χ0v) is 13.0. The van der Waals surface area contributed by atoms with Crippen molar-refractivity contribution in [2.75, 3.05) is 19.8 Å². The van der Waals surface area contributed by atoms with E-state index in [1.807, 2.05) is 25.2 Å². The minimum Gasteiger partial charge on any atom is -0.394 e. The molecule has 0 aliphatic carbocycles. The molecule has 0 amide bonds. The second kappa shape index (κ2) is 15.4. The summed E-state index contributed by atoms with van der Waals surface area (Å²) in [7, 11) is 0. The van der Waals surface area contributed by atoms with Crippen molar-refractivity contribution in [3.63, 3.8) is 0 Å². The van der Waals surface area contributed by atoms with Crippen LogP contribution in [0.4, 0.5) is 0 Å². The standard InChI is InChI=1S/C17H30O4/c1-16(19)12-10-8-6-4-2-3-5-7-9-11-13-21-15-17(20)14-18/h4-7,9,11,16-20H,2-3,8,10,12-15H2,1H3. The van der Waals surface area contributed by atoms with Crippen molar-refractivity contribution in [2.45, 2.75) is 51.2 Å². The van der Waals surface area contributed by atoms with Crippen molar-refractivity contribution in [3.8, 4) is 0 Å². The highest BCUT2D eigenvalue weighted by atomic mass is 16.5. The third-order valence-electron chi connectivity index (χ3n) is 2.78. The summed E-state index contributed by atoms with van der Waals surface area (Å²) >= 11 is 0. The number of hydrogen-bond donors (Lipinski definition) is 3. The molecule has 0 saturated heterocycles.